The Kier molecular flexibility index (Phi) is 3.47. The molecule has 4 rings (SSSR count). The van der Waals surface area contributed by atoms with Crippen LogP contribution in [0.2, 0.25) is 0 Å². The average Bonchev–Trinajstić information content (AvgIpc) is 3.07. The highest BCUT2D eigenvalue weighted by atomic mass is 16.5. The maximum absolute atomic E-state index is 12.4. The van der Waals surface area contributed by atoms with Crippen molar-refractivity contribution < 1.29 is 18.8 Å². The van der Waals surface area contributed by atoms with E-state index < -0.39 is 11.6 Å². The van der Waals surface area contributed by atoms with Gasteiger partial charge in [-0.05, 0) is 57.2 Å². The van der Waals surface area contributed by atoms with Gasteiger partial charge in [0.1, 0.15) is 17.0 Å². The first kappa shape index (κ1) is 16.1. The number of anilines is 1. The van der Waals surface area contributed by atoms with Crippen LogP contribution >= 0.6 is 0 Å². The fourth-order valence-electron chi connectivity index (χ4n) is 2.97. The minimum Gasteiger partial charge on any atom is -0.457 e. The minimum absolute atomic E-state index is 0.291. The van der Waals surface area contributed by atoms with Crippen LogP contribution in [0.4, 0.5) is 10.5 Å². The molecule has 1 saturated heterocycles. The van der Waals surface area contributed by atoms with E-state index in [4.69, 9.17) is 9.26 Å². The van der Waals surface area contributed by atoms with Gasteiger partial charge in [-0.25, -0.2) is 9.69 Å². The van der Waals surface area contributed by atoms with Crippen molar-refractivity contribution >= 4 is 28.6 Å². The predicted octanol–water partition coefficient (Wildman–Crippen LogP) is 3.76. The Morgan fingerprint density at radius 2 is 1.85 bits per heavy atom. The fraction of sp³-hybridized carbons (Fsp3) is 0.211. The molecule has 0 atom stereocenters. The molecule has 26 heavy (non-hydrogen) atoms. The second kappa shape index (κ2) is 5.59. The number of carbonyl (C=O) groups is 2. The molecule has 3 aromatic rings. The van der Waals surface area contributed by atoms with Gasteiger partial charge in [0.15, 0.2) is 5.58 Å². The first-order valence-corrected chi connectivity index (χ1v) is 8.16. The molecule has 2 heterocycles. The average molecular weight is 351 g/mol. The van der Waals surface area contributed by atoms with Crippen molar-refractivity contribution in [2.24, 2.45) is 0 Å². The Bertz CT molecular complexity index is 1020. The van der Waals surface area contributed by atoms with E-state index in [1.165, 1.54) is 0 Å². The van der Waals surface area contributed by atoms with E-state index in [9.17, 15) is 9.59 Å². The second-order valence-electron chi connectivity index (χ2n) is 6.69. The Hall–Kier alpha value is -3.35. The Balaban J connectivity index is 1.62. The van der Waals surface area contributed by atoms with E-state index in [2.05, 4.69) is 10.5 Å². The third kappa shape index (κ3) is 2.48. The molecule has 1 aliphatic rings. The Labute approximate surface area is 149 Å². The summed E-state index contributed by atoms with van der Waals surface area (Å²) >= 11 is 0. The number of carbonyl (C=O) groups excluding carboxylic acids is 2. The summed E-state index contributed by atoms with van der Waals surface area (Å²) in [5.74, 6) is 0.916. The number of fused-ring (bicyclic) bond motifs is 1. The van der Waals surface area contributed by atoms with Crippen LogP contribution in [0.3, 0.4) is 0 Å². The van der Waals surface area contributed by atoms with Crippen molar-refractivity contribution in [2.75, 3.05) is 4.90 Å². The molecule has 1 fully saturated rings. The van der Waals surface area contributed by atoms with Crippen molar-refractivity contribution in [3.05, 3.63) is 48.2 Å². The number of rotatable bonds is 3. The molecule has 1 N–H and O–H groups in total. The molecule has 0 saturated carbocycles. The maximum atomic E-state index is 12.4. The highest BCUT2D eigenvalue weighted by molar-refractivity contribution is 6.23. The van der Waals surface area contributed by atoms with Crippen molar-refractivity contribution in [1.82, 2.24) is 10.5 Å². The summed E-state index contributed by atoms with van der Waals surface area (Å²) in [5.41, 5.74) is 0.977. The van der Waals surface area contributed by atoms with Crippen LogP contribution in [0.1, 0.15) is 19.5 Å². The number of nitrogens with one attached hydrogen (secondary N) is 1. The van der Waals surface area contributed by atoms with Crippen LogP contribution < -0.4 is 15.0 Å². The molecule has 0 aliphatic carbocycles. The largest absolute Gasteiger partial charge is 0.457 e. The van der Waals surface area contributed by atoms with Gasteiger partial charge in [-0.3, -0.25) is 4.79 Å². The van der Waals surface area contributed by atoms with Gasteiger partial charge in [-0.2, -0.15) is 0 Å². The lowest BCUT2D eigenvalue weighted by atomic mass is 10.1. The van der Waals surface area contributed by atoms with E-state index in [0.29, 0.717) is 22.8 Å². The van der Waals surface area contributed by atoms with Gasteiger partial charge in [0.25, 0.3) is 5.91 Å². The van der Waals surface area contributed by atoms with Gasteiger partial charge in [0, 0.05) is 0 Å². The first-order chi connectivity index (χ1) is 12.4. The van der Waals surface area contributed by atoms with Crippen molar-refractivity contribution in [3.8, 4) is 11.5 Å². The molecule has 1 aliphatic heterocycles. The summed E-state index contributed by atoms with van der Waals surface area (Å²) in [5, 5.41) is 7.42. The lowest BCUT2D eigenvalue weighted by Crippen LogP contribution is -2.40. The highest BCUT2D eigenvalue weighted by Gasteiger charge is 2.45. The number of urea groups is 1. The Morgan fingerprint density at radius 3 is 2.50 bits per heavy atom. The summed E-state index contributed by atoms with van der Waals surface area (Å²) in [6.07, 6.45) is 0. The zero-order valence-electron chi connectivity index (χ0n) is 14.6. The molecular weight excluding hydrogens is 334 g/mol. The number of aryl methyl sites for hydroxylation is 1. The third-order valence-electron chi connectivity index (χ3n) is 4.31. The van der Waals surface area contributed by atoms with Gasteiger partial charge in [-0.15, -0.1) is 0 Å². The van der Waals surface area contributed by atoms with Crippen LogP contribution in [-0.4, -0.2) is 22.6 Å². The molecule has 2 aromatic carbocycles. The van der Waals surface area contributed by atoms with Gasteiger partial charge >= 0.3 is 6.03 Å². The number of nitrogens with zero attached hydrogens (tertiary/aromatic N) is 2. The molecule has 7 nitrogen and oxygen atoms in total. The summed E-state index contributed by atoms with van der Waals surface area (Å²) in [6.45, 7) is 5.19. The number of amides is 3. The summed E-state index contributed by atoms with van der Waals surface area (Å²) in [4.78, 5) is 25.6. The van der Waals surface area contributed by atoms with Crippen LogP contribution in [0.25, 0.3) is 11.0 Å². The monoisotopic (exact) mass is 351 g/mol. The molecule has 3 amide bonds. The number of aromatic nitrogens is 1. The lowest BCUT2D eigenvalue weighted by Gasteiger charge is -2.16. The lowest BCUT2D eigenvalue weighted by molar-refractivity contribution is -0.121. The Morgan fingerprint density at radius 1 is 1.12 bits per heavy atom. The second-order valence-corrected chi connectivity index (χ2v) is 6.69. The van der Waals surface area contributed by atoms with E-state index in [1.807, 2.05) is 25.1 Å². The molecule has 0 unspecified atom stereocenters. The van der Waals surface area contributed by atoms with Crippen LogP contribution in [0.15, 0.2) is 47.0 Å². The molecule has 0 radical (unpaired) electrons. The quantitative estimate of drug-likeness (QED) is 0.726. The highest BCUT2D eigenvalue weighted by Crippen LogP contribution is 2.33. The van der Waals surface area contributed by atoms with Gasteiger partial charge in [-0.1, -0.05) is 11.2 Å². The molecule has 7 heteroatoms. The van der Waals surface area contributed by atoms with Crippen LogP contribution in [0, 0.1) is 6.92 Å². The maximum Gasteiger partial charge on any atom is 0.329 e. The number of ether oxygens (including phenoxy) is 1. The number of hydrogen-bond donors (Lipinski definition) is 1. The predicted molar refractivity (Wildman–Crippen MR) is 95.4 cm³/mol. The van der Waals surface area contributed by atoms with Crippen LogP contribution in [-0.2, 0) is 4.79 Å². The molecule has 0 bridgehead atoms. The SMILES string of the molecule is Cc1noc2cccc(Oc3ccc(N4C(=O)NC(C)(C)C4=O)cc3)c12. The van der Waals surface area contributed by atoms with Gasteiger partial charge in [0.05, 0.1) is 16.8 Å². The minimum atomic E-state index is -0.909. The van der Waals surface area contributed by atoms with Gasteiger partial charge < -0.3 is 14.6 Å². The third-order valence-corrected chi connectivity index (χ3v) is 4.31. The van der Waals surface area contributed by atoms with Gasteiger partial charge in [0.2, 0.25) is 0 Å². The fourth-order valence-corrected chi connectivity index (χ4v) is 2.97. The number of hydrogen-bond acceptors (Lipinski definition) is 5. The molecular formula is C19H17N3O4. The summed E-state index contributed by atoms with van der Waals surface area (Å²) in [7, 11) is 0. The van der Waals surface area contributed by atoms with E-state index in [1.54, 1.807) is 38.1 Å². The number of benzene rings is 2. The van der Waals surface area contributed by atoms with E-state index in [0.717, 1.165) is 16.0 Å². The molecule has 0 spiro atoms. The topological polar surface area (TPSA) is 84.7 Å². The smallest absolute Gasteiger partial charge is 0.329 e. The normalized spacial score (nSPS) is 16.2. The number of imide groups is 1. The molecule has 1 aromatic heterocycles. The zero-order valence-corrected chi connectivity index (χ0v) is 14.6. The van der Waals surface area contributed by atoms with Crippen molar-refractivity contribution in [2.45, 2.75) is 26.3 Å². The first-order valence-electron chi connectivity index (χ1n) is 8.16. The van der Waals surface area contributed by atoms with Crippen molar-refractivity contribution in [3.63, 3.8) is 0 Å². The van der Waals surface area contributed by atoms with E-state index >= 15 is 0 Å². The summed E-state index contributed by atoms with van der Waals surface area (Å²) in [6, 6.07) is 11.8. The standard InChI is InChI=1S/C19H17N3O4/c1-11-16-14(5-4-6-15(16)26-21-11)25-13-9-7-12(8-10-13)22-17(23)19(2,3)20-18(22)24/h4-10H,1-3H3,(H,20,24). The van der Waals surface area contributed by atoms with E-state index in [-0.39, 0.29) is 5.91 Å². The zero-order chi connectivity index (χ0) is 18.5. The summed E-state index contributed by atoms with van der Waals surface area (Å²) < 4.78 is 11.2. The van der Waals surface area contributed by atoms with Crippen molar-refractivity contribution in [1.29, 1.82) is 0 Å². The van der Waals surface area contributed by atoms with Crippen LogP contribution in [0.5, 0.6) is 11.5 Å². The molecule has 132 valence electrons.